The van der Waals surface area contributed by atoms with Crippen molar-refractivity contribution in [1.29, 1.82) is 0 Å². The third-order valence-electron chi connectivity index (χ3n) is 2.63. The van der Waals surface area contributed by atoms with E-state index in [4.69, 9.17) is 16.3 Å². The molecule has 0 aliphatic rings. The number of carbonyl (C=O) groups excluding carboxylic acids is 1. The molecule has 21 heavy (non-hydrogen) atoms. The highest BCUT2D eigenvalue weighted by atomic mass is 35.5. The monoisotopic (exact) mass is 327 g/mol. The second-order valence-corrected chi connectivity index (χ2v) is 5.65. The SMILES string of the molecule is COC(=O)Nc1nnc([C@@H](C)Oc2ccc(Cl)c(C)c2)s1. The van der Waals surface area contributed by atoms with Crippen molar-refractivity contribution in [2.75, 3.05) is 12.4 Å². The average Bonchev–Trinajstić information content (AvgIpc) is 2.91. The average molecular weight is 328 g/mol. The topological polar surface area (TPSA) is 73.3 Å². The van der Waals surface area contributed by atoms with Gasteiger partial charge < -0.3 is 9.47 Å². The van der Waals surface area contributed by atoms with E-state index in [2.05, 4.69) is 20.3 Å². The number of methoxy groups -OCH3 is 1. The number of aromatic nitrogens is 2. The summed E-state index contributed by atoms with van der Waals surface area (Å²) in [4.78, 5) is 11.1. The summed E-state index contributed by atoms with van der Waals surface area (Å²) in [5.74, 6) is 0.696. The van der Waals surface area contributed by atoms with Crippen LogP contribution in [0.3, 0.4) is 0 Å². The molecule has 0 spiro atoms. The van der Waals surface area contributed by atoms with E-state index in [0.29, 0.717) is 20.9 Å². The number of ether oxygens (including phenoxy) is 2. The van der Waals surface area contributed by atoms with Crippen LogP contribution >= 0.6 is 22.9 Å². The minimum Gasteiger partial charge on any atom is -0.483 e. The molecule has 1 aromatic heterocycles. The smallest absolute Gasteiger partial charge is 0.413 e. The molecule has 0 saturated heterocycles. The number of benzene rings is 1. The van der Waals surface area contributed by atoms with Crippen molar-refractivity contribution in [3.05, 3.63) is 33.8 Å². The Kier molecular flexibility index (Phi) is 4.98. The standard InChI is InChI=1S/C13H14ClN3O3S/c1-7-6-9(4-5-10(7)14)20-8(2)11-16-17-12(21-11)15-13(18)19-3/h4-6,8H,1-3H3,(H,15,17,18)/t8-/m1/s1. The molecule has 0 bridgehead atoms. The van der Waals surface area contributed by atoms with Crippen LogP contribution in [0.4, 0.5) is 9.93 Å². The minimum absolute atomic E-state index is 0.295. The summed E-state index contributed by atoms with van der Waals surface area (Å²) in [6.07, 6.45) is -0.879. The molecule has 1 aromatic carbocycles. The van der Waals surface area contributed by atoms with Crippen LogP contribution in [0.5, 0.6) is 5.75 Å². The quantitative estimate of drug-likeness (QED) is 0.924. The summed E-state index contributed by atoms with van der Waals surface area (Å²) >= 11 is 7.20. The zero-order chi connectivity index (χ0) is 15.4. The lowest BCUT2D eigenvalue weighted by Crippen LogP contribution is -2.10. The third kappa shape index (κ3) is 4.05. The van der Waals surface area contributed by atoms with Crippen molar-refractivity contribution in [3.63, 3.8) is 0 Å². The van der Waals surface area contributed by atoms with Gasteiger partial charge in [-0.15, -0.1) is 10.2 Å². The van der Waals surface area contributed by atoms with Crippen molar-refractivity contribution in [3.8, 4) is 5.75 Å². The molecule has 0 radical (unpaired) electrons. The molecule has 112 valence electrons. The lowest BCUT2D eigenvalue weighted by molar-refractivity contribution is 0.187. The van der Waals surface area contributed by atoms with Crippen molar-refractivity contribution >= 4 is 34.2 Å². The highest BCUT2D eigenvalue weighted by molar-refractivity contribution is 7.15. The highest BCUT2D eigenvalue weighted by Gasteiger charge is 2.15. The van der Waals surface area contributed by atoms with Crippen LogP contribution < -0.4 is 10.1 Å². The molecule has 0 aliphatic heterocycles. The van der Waals surface area contributed by atoms with Crippen molar-refractivity contribution in [1.82, 2.24) is 10.2 Å². The number of aryl methyl sites for hydroxylation is 1. The van der Waals surface area contributed by atoms with Crippen molar-refractivity contribution in [2.45, 2.75) is 20.0 Å². The Morgan fingerprint density at radius 1 is 1.43 bits per heavy atom. The van der Waals surface area contributed by atoms with Crippen LogP contribution in [0.25, 0.3) is 0 Å². The van der Waals surface area contributed by atoms with Gasteiger partial charge in [0.2, 0.25) is 5.13 Å². The summed E-state index contributed by atoms with van der Waals surface area (Å²) in [5, 5.41) is 12.0. The fourth-order valence-corrected chi connectivity index (χ4v) is 2.36. The lowest BCUT2D eigenvalue weighted by Gasteiger charge is -2.12. The first-order chi connectivity index (χ1) is 9.99. The molecule has 2 aromatic rings. The van der Waals surface area contributed by atoms with E-state index in [9.17, 15) is 4.79 Å². The number of hydrogen-bond acceptors (Lipinski definition) is 6. The number of nitrogens with zero attached hydrogens (tertiary/aromatic N) is 2. The lowest BCUT2D eigenvalue weighted by atomic mass is 10.2. The first-order valence-electron chi connectivity index (χ1n) is 6.10. The summed E-state index contributed by atoms with van der Waals surface area (Å²) in [6, 6.07) is 5.43. The Balaban J connectivity index is 2.04. The molecule has 1 N–H and O–H groups in total. The van der Waals surface area contributed by atoms with Crippen LogP contribution in [0.2, 0.25) is 5.02 Å². The number of anilines is 1. The van der Waals surface area contributed by atoms with E-state index in [1.807, 2.05) is 19.9 Å². The summed E-state index contributed by atoms with van der Waals surface area (Å²) in [6.45, 7) is 3.76. The second-order valence-electron chi connectivity index (χ2n) is 4.23. The Morgan fingerprint density at radius 3 is 2.86 bits per heavy atom. The van der Waals surface area contributed by atoms with Gasteiger partial charge in [-0.1, -0.05) is 22.9 Å². The van der Waals surface area contributed by atoms with E-state index >= 15 is 0 Å². The maximum atomic E-state index is 11.1. The molecule has 0 fully saturated rings. The number of nitrogens with one attached hydrogen (secondary N) is 1. The molecule has 2 rings (SSSR count). The number of carbonyl (C=O) groups is 1. The molecule has 0 unspecified atom stereocenters. The molecule has 1 amide bonds. The van der Waals surface area contributed by atoms with Crippen molar-refractivity contribution in [2.24, 2.45) is 0 Å². The second kappa shape index (κ2) is 6.73. The van der Waals surface area contributed by atoms with E-state index in [1.165, 1.54) is 18.4 Å². The Hall–Kier alpha value is -1.86. The zero-order valence-electron chi connectivity index (χ0n) is 11.7. The van der Waals surface area contributed by atoms with Crippen LogP contribution in [-0.4, -0.2) is 23.4 Å². The van der Waals surface area contributed by atoms with Crippen molar-refractivity contribution < 1.29 is 14.3 Å². The maximum Gasteiger partial charge on any atom is 0.413 e. The summed E-state index contributed by atoms with van der Waals surface area (Å²) in [7, 11) is 1.28. The Bertz CT molecular complexity index is 647. The minimum atomic E-state index is -0.584. The number of rotatable bonds is 4. The van der Waals surface area contributed by atoms with Gasteiger partial charge in [-0.25, -0.2) is 4.79 Å². The number of amides is 1. The molecule has 0 aliphatic carbocycles. The predicted octanol–water partition coefficient (Wildman–Crippen LogP) is 3.82. The maximum absolute atomic E-state index is 11.1. The largest absolute Gasteiger partial charge is 0.483 e. The van der Waals surface area contributed by atoms with Gasteiger partial charge in [0, 0.05) is 5.02 Å². The molecule has 0 saturated carbocycles. The molecule has 8 heteroatoms. The van der Waals surface area contributed by atoms with E-state index in [1.54, 1.807) is 12.1 Å². The van der Waals surface area contributed by atoms with Gasteiger partial charge in [-0.2, -0.15) is 0 Å². The van der Waals surface area contributed by atoms with Gasteiger partial charge in [0.15, 0.2) is 5.01 Å². The molecular formula is C13H14ClN3O3S. The Labute approximate surface area is 131 Å². The molecule has 1 heterocycles. The van der Waals surface area contributed by atoms with Crippen LogP contribution in [0.1, 0.15) is 23.6 Å². The highest BCUT2D eigenvalue weighted by Crippen LogP contribution is 2.28. The summed E-state index contributed by atoms with van der Waals surface area (Å²) in [5.41, 5.74) is 0.937. The Morgan fingerprint density at radius 2 is 2.19 bits per heavy atom. The molecular weight excluding hydrogens is 314 g/mol. The van der Waals surface area contributed by atoms with E-state index < -0.39 is 6.09 Å². The fraction of sp³-hybridized carbons (Fsp3) is 0.308. The van der Waals surface area contributed by atoms with Gasteiger partial charge in [0.1, 0.15) is 11.9 Å². The first kappa shape index (κ1) is 15.5. The van der Waals surface area contributed by atoms with E-state index in [0.717, 1.165) is 5.56 Å². The number of hydrogen-bond donors (Lipinski definition) is 1. The van der Waals surface area contributed by atoms with Crippen LogP contribution in [0.15, 0.2) is 18.2 Å². The van der Waals surface area contributed by atoms with Gasteiger partial charge in [0.05, 0.1) is 7.11 Å². The van der Waals surface area contributed by atoms with Gasteiger partial charge in [0.25, 0.3) is 0 Å². The molecule has 1 atom stereocenters. The van der Waals surface area contributed by atoms with Crippen LogP contribution in [0, 0.1) is 6.92 Å². The van der Waals surface area contributed by atoms with Gasteiger partial charge in [-0.05, 0) is 37.6 Å². The fourth-order valence-electron chi connectivity index (χ4n) is 1.53. The van der Waals surface area contributed by atoms with Crippen LogP contribution in [-0.2, 0) is 4.74 Å². The van der Waals surface area contributed by atoms with Gasteiger partial charge in [-0.3, -0.25) is 5.32 Å². The molecule has 6 nitrogen and oxygen atoms in total. The third-order valence-corrected chi connectivity index (χ3v) is 4.05. The normalized spacial score (nSPS) is 11.8. The van der Waals surface area contributed by atoms with E-state index in [-0.39, 0.29) is 6.10 Å². The zero-order valence-corrected chi connectivity index (χ0v) is 13.3. The summed E-state index contributed by atoms with van der Waals surface area (Å²) < 4.78 is 10.3. The number of halogens is 1. The van der Waals surface area contributed by atoms with Gasteiger partial charge >= 0.3 is 6.09 Å². The first-order valence-corrected chi connectivity index (χ1v) is 7.30. The predicted molar refractivity (Wildman–Crippen MR) is 81.2 cm³/mol.